The van der Waals surface area contributed by atoms with E-state index in [4.69, 9.17) is 4.74 Å². The molecule has 0 aromatic carbocycles. The van der Waals surface area contributed by atoms with Crippen molar-refractivity contribution < 1.29 is 17.9 Å². The molecular weight excluding hydrogens is 195 g/mol. The van der Waals surface area contributed by atoms with Crippen molar-refractivity contribution in [2.75, 3.05) is 19.8 Å². The van der Waals surface area contributed by atoms with Crippen molar-refractivity contribution in [3.8, 4) is 0 Å². The Labute approximate surface area is 81.8 Å². The number of nitrogens with one attached hydrogen (secondary N) is 1. The van der Waals surface area contributed by atoms with Gasteiger partial charge in [-0.05, 0) is 26.3 Å². The van der Waals surface area contributed by atoms with Gasteiger partial charge in [0.2, 0.25) is 0 Å². The smallest absolute Gasteiger partial charge is 0.380 e. The zero-order chi connectivity index (χ0) is 10.6. The topological polar surface area (TPSA) is 21.3 Å². The van der Waals surface area contributed by atoms with Gasteiger partial charge in [0.15, 0.2) is 0 Å². The standard InChI is InChI=1S/C9H16F3NO/c1-2-14-6-8-7(9(10,11)12)4-3-5-13-8/h7-8,13H,2-6H2,1H3. The van der Waals surface area contributed by atoms with E-state index in [0.717, 1.165) is 0 Å². The van der Waals surface area contributed by atoms with Gasteiger partial charge in [-0.25, -0.2) is 0 Å². The molecule has 1 heterocycles. The summed E-state index contributed by atoms with van der Waals surface area (Å²) in [6, 6.07) is -0.566. The molecule has 0 spiro atoms. The Morgan fingerprint density at radius 2 is 2.14 bits per heavy atom. The summed E-state index contributed by atoms with van der Waals surface area (Å²) in [5, 5.41) is 2.87. The zero-order valence-electron chi connectivity index (χ0n) is 8.23. The van der Waals surface area contributed by atoms with Crippen LogP contribution in [-0.2, 0) is 4.74 Å². The van der Waals surface area contributed by atoms with Crippen LogP contribution in [0.4, 0.5) is 13.2 Å². The van der Waals surface area contributed by atoms with Crippen LogP contribution in [0.25, 0.3) is 0 Å². The number of piperidine rings is 1. The Bertz CT molecular complexity index is 172. The molecule has 2 nitrogen and oxygen atoms in total. The second kappa shape index (κ2) is 4.98. The van der Waals surface area contributed by atoms with Crippen LogP contribution in [0.3, 0.4) is 0 Å². The quantitative estimate of drug-likeness (QED) is 0.770. The molecule has 0 bridgehead atoms. The Balaban J connectivity index is 2.50. The summed E-state index contributed by atoms with van der Waals surface area (Å²) in [6.07, 6.45) is -3.30. The Morgan fingerprint density at radius 3 is 2.71 bits per heavy atom. The summed E-state index contributed by atoms with van der Waals surface area (Å²) in [6.45, 7) is 3.05. The minimum absolute atomic E-state index is 0.153. The lowest BCUT2D eigenvalue weighted by atomic mass is 9.91. The van der Waals surface area contributed by atoms with Crippen LogP contribution in [0.2, 0.25) is 0 Å². The summed E-state index contributed by atoms with van der Waals surface area (Å²) in [5.74, 6) is -1.25. The fourth-order valence-corrected chi connectivity index (χ4v) is 1.76. The lowest BCUT2D eigenvalue weighted by molar-refractivity contribution is -0.192. The van der Waals surface area contributed by atoms with Crippen LogP contribution in [0.15, 0.2) is 0 Å². The highest BCUT2D eigenvalue weighted by molar-refractivity contribution is 4.85. The fourth-order valence-electron chi connectivity index (χ4n) is 1.76. The van der Waals surface area contributed by atoms with Crippen LogP contribution < -0.4 is 5.32 Å². The van der Waals surface area contributed by atoms with Gasteiger partial charge >= 0.3 is 6.18 Å². The van der Waals surface area contributed by atoms with Crippen molar-refractivity contribution in [1.82, 2.24) is 5.32 Å². The molecule has 84 valence electrons. The van der Waals surface area contributed by atoms with Crippen molar-refractivity contribution in [1.29, 1.82) is 0 Å². The molecule has 1 aliphatic heterocycles. The number of rotatable bonds is 3. The second-order valence-corrected chi connectivity index (χ2v) is 3.51. The molecule has 0 radical (unpaired) electrons. The largest absolute Gasteiger partial charge is 0.393 e. The van der Waals surface area contributed by atoms with Gasteiger partial charge in [-0.2, -0.15) is 13.2 Å². The van der Waals surface area contributed by atoms with Crippen LogP contribution in [0, 0.1) is 5.92 Å². The first-order chi connectivity index (χ1) is 6.55. The van der Waals surface area contributed by atoms with Crippen molar-refractivity contribution in [2.24, 2.45) is 5.92 Å². The average Bonchev–Trinajstić information content (AvgIpc) is 2.14. The third-order valence-corrected chi connectivity index (χ3v) is 2.51. The SMILES string of the molecule is CCOCC1NCCCC1C(F)(F)F. The number of hydrogen-bond acceptors (Lipinski definition) is 2. The van der Waals surface area contributed by atoms with Gasteiger partial charge in [-0.3, -0.25) is 0 Å². The fraction of sp³-hybridized carbons (Fsp3) is 1.00. The molecule has 0 aliphatic carbocycles. The maximum absolute atomic E-state index is 12.5. The van der Waals surface area contributed by atoms with Gasteiger partial charge < -0.3 is 10.1 Å². The van der Waals surface area contributed by atoms with E-state index in [9.17, 15) is 13.2 Å². The molecule has 2 atom stereocenters. The number of ether oxygens (including phenoxy) is 1. The maximum atomic E-state index is 12.5. The van der Waals surface area contributed by atoms with E-state index in [1.807, 2.05) is 0 Å². The van der Waals surface area contributed by atoms with Crippen LogP contribution in [0.1, 0.15) is 19.8 Å². The van der Waals surface area contributed by atoms with Gasteiger partial charge in [0, 0.05) is 12.6 Å². The molecule has 1 fully saturated rings. The first kappa shape index (κ1) is 11.8. The van der Waals surface area contributed by atoms with E-state index in [-0.39, 0.29) is 13.0 Å². The predicted octanol–water partition coefficient (Wildman–Crippen LogP) is 1.95. The maximum Gasteiger partial charge on any atom is 0.393 e. The molecule has 0 aromatic rings. The number of hydrogen-bond donors (Lipinski definition) is 1. The van der Waals surface area contributed by atoms with Crippen molar-refractivity contribution in [3.63, 3.8) is 0 Å². The Kier molecular flexibility index (Phi) is 4.19. The molecule has 1 saturated heterocycles. The molecule has 0 saturated carbocycles. The third kappa shape index (κ3) is 3.13. The van der Waals surface area contributed by atoms with Gasteiger partial charge in [0.1, 0.15) is 0 Å². The summed E-state index contributed by atoms with van der Waals surface area (Å²) in [5.41, 5.74) is 0. The van der Waals surface area contributed by atoms with Crippen LogP contribution in [-0.4, -0.2) is 32.0 Å². The average molecular weight is 211 g/mol. The van der Waals surface area contributed by atoms with Crippen LogP contribution in [0.5, 0.6) is 0 Å². The van der Waals surface area contributed by atoms with E-state index in [1.54, 1.807) is 6.92 Å². The summed E-state index contributed by atoms with van der Waals surface area (Å²) < 4.78 is 42.6. The van der Waals surface area contributed by atoms with Gasteiger partial charge in [-0.15, -0.1) is 0 Å². The normalized spacial score (nSPS) is 29.1. The van der Waals surface area contributed by atoms with Crippen molar-refractivity contribution >= 4 is 0 Å². The van der Waals surface area contributed by atoms with Gasteiger partial charge in [0.25, 0.3) is 0 Å². The molecule has 0 amide bonds. The van der Waals surface area contributed by atoms with E-state index in [2.05, 4.69) is 5.32 Å². The monoisotopic (exact) mass is 211 g/mol. The van der Waals surface area contributed by atoms with Crippen molar-refractivity contribution in [3.05, 3.63) is 0 Å². The number of alkyl halides is 3. The van der Waals surface area contributed by atoms with E-state index in [0.29, 0.717) is 19.6 Å². The molecule has 0 aromatic heterocycles. The number of halogens is 3. The molecule has 5 heteroatoms. The highest BCUT2D eigenvalue weighted by Gasteiger charge is 2.45. The first-order valence-corrected chi connectivity index (χ1v) is 4.93. The van der Waals surface area contributed by atoms with E-state index >= 15 is 0 Å². The molecule has 1 N–H and O–H groups in total. The lowest BCUT2D eigenvalue weighted by Crippen LogP contribution is -2.50. The molecule has 14 heavy (non-hydrogen) atoms. The summed E-state index contributed by atoms with van der Waals surface area (Å²) in [7, 11) is 0. The lowest BCUT2D eigenvalue weighted by Gasteiger charge is -2.33. The Morgan fingerprint density at radius 1 is 1.43 bits per heavy atom. The predicted molar refractivity (Wildman–Crippen MR) is 47.1 cm³/mol. The van der Waals surface area contributed by atoms with E-state index in [1.165, 1.54) is 0 Å². The minimum atomic E-state index is -4.10. The molecule has 1 aliphatic rings. The van der Waals surface area contributed by atoms with Crippen molar-refractivity contribution in [2.45, 2.75) is 32.0 Å². The minimum Gasteiger partial charge on any atom is -0.380 e. The zero-order valence-corrected chi connectivity index (χ0v) is 8.23. The molecule has 1 rings (SSSR count). The molecule has 2 unspecified atom stereocenters. The van der Waals surface area contributed by atoms with E-state index < -0.39 is 18.1 Å². The highest BCUT2D eigenvalue weighted by Crippen LogP contribution is 2.34. The summed E-state index contributed by atoms with van der Waals surface area (Å²) in [4.78, 5) is 0. The second-order valence-electron chi connectivity index (χ2n) is 3.51. The molecular formula is C9H16F3NO. The Hall–Kier alpha value is -0.290. The third-order valence-electron chi connectivity index (χ3n) is 2.51. The van der Waals surface area contributed by atoms with Gasteiger partial charge in [-0.1, -0.05) is 0 Å². The van der Waals surface area contributed by atoms with Crippen LogP contribution >= 0.6 is 0 Å². The first-order valence-electron chi connectivity index (χ1n) is 4.93. The summed E-state index contributed by atoms with van der Waals surface area (Å²) >= 11 is 0. The highest BCUT2D eigenvalue weighted by atomic mass is 19.4. The van der Waals surface area contributed by atoms with Gasteiger partial charge in [0.05, 0.1) is 12.5 Å².